The van der Waals surface area contributed by atoms with E-state index >= 15 is 0 Å². The molecular weight excluding hydrogens is 334 g/mol. The van der Waals surface area contributed by atoms with Gasteiger partial charge in [-0.1, -0.05) is 24.3 Å². The van der Waals surface area contributed by atoms with Crippen LogP contribution >= 0.6 is 0 Å². The number of nitrogens with zero attached hydrogens (tertiary/aromatic N) is 1. The van der Waals surface area contributed by atoms with E-state index in [2.05, 4.69) is 10.3 Å². The third-order valence-corrected chi connectivity index (χ3v) is 5.27. The smallest absolute Gasteiger partial charge is 0.232 e. The summed E-state index contributed by atoms with van der Waals surface area (Å²) >= 11 is 0. The third kappa shape index (κ3) is 2.46. The highest BCUT2D eigenvalue weighted by atomic mass is 19.2. The molecule has 1 atom stereocenters. The molecule has 132 valence electrons. The number of hydrogen-bond donors (Lipinski definition) is 1. The van der Waals surface area contributed by atoms with E-state index in [1.807, 2.05) is 37.3 Å². The van der Waals surface area contributed by atoms with Gasteiger partial charge in [0.25, 0.3) is 0 Å². The molecule has 2 aromatic carbocycles. The molecule has 0 bridgehead atoms. The van der Waals surface area contributed by atoms with Crippen LogP contribution in [0, 0.1) is 18.6 Å². The zero-order valence-corrected chi connectivity index (χ0v) is 14.6. The second-order valence-corrected chi connectivity index (χ2v) is 7.01. The number of halogens is 2. The van der Waals surface area contributed by atoms with Crippen LogP contribution in [0.1, 0.15) is 29.3 Å². The largest absolute Gasteiger partial charge is 0.354 e. The molecule has 1 aliphatic rings. The number of amides is 1. The summed E-state index contributed by atoms with van der Waals surface area (Å²) in [5, 5.41) is 3.37. The van der Waals surface area contributed by atoms with Gasteiger partial charge in [-0.05, 0) is 55.2 Å². The zero-order chi connectivity index (χ0) is 18.5. The molecule has 26 heavy (non-hydrogen) atoms. The molecule has 1 fully saturated rings. The zero-order valence-electron chi connectivity index (χ0n) is 14.6. The Morgan fingerprint density at radius 2 is 1.92 bits per heavy atom. The Morgan fingerprint density at radius 3 is 2.62 bits per heavy atom. The molecule has 1 amide bonds. The highest BCUT2D eigenvalue weighted by Crippen LogP contribution is 2.33. The number of hydrogen-bond acceptors (Lipinski definition) is 2. The van der Waals surface area contributed by atoms with Crippen molar-refractivity contribution in [3.8, 4) is 0 Å². The van der Waals surface area contributed by atoms with Crippen molar-refractivity contribution in [3.05, 3.63) is 76.5 Å². The van der Waals surface area contributed by atoms with Gasteiger partial charge in [-0.3, -0.25) is 4.79 Å². The molecule has 0 aliphatic carbocycles. The van der Waals surface area contributed by atoms with Gasteiger partial charge in [0.2, 0.25) is 5.91 Å². The summed E-state index contributed by atoms with van der Waals surface area (Å²) in [5.41, 5.74) is 3.14. The highest BCUT2D eigenvalue weighted by molar-refractivity contribution is 5.94. The van der Waals surface area contributed by atoms with E-state index in [9.17, 15) is 13.6 Å². The first-order valence-electron chi connectivity index (χ1n) is 8.51. The van der Waals surface area contributed by atoms with Crippen LogP contribution in [0.4, 0.5) is 8.78 Å². The van der Waals surface area contributed by atoms with Gasteiger partial charge in [-0.25, -0.2) is 13.8 Å². The average molecular weight is 352 g/mol. The standard InChI is InChI=1S/C21H18F2N2O/c1-12-15(10-14-7-8-17(22)18(23)19(14)25-12)9-13-5-3-4-6-16(13)21(2)11-24-20(21)26/h3-8,10H,9,11H2,1-2H3,(H,24,26). The molecule has 4 rings (SSSR count). The van der Waals surface area contributed by atoms with Crippen molar-refractivity contribution in [2.45, 2.75) is 25.7 Å². The molecule has 3 nitrogen and oxygen atoms in total. The van der Waals surface area contributed by atoms with Gasteiger partial charge in [0.15, 0.2) is 11.6 Å². The molecule has 1 saturated heterocycles. The summed E-state index contributed by atoms with van der Waals surface area (Å²) < 4.78 is 27.4. The van der Waals surface area contributed by atoms with Crippen molar-refractivity contribution >= 4 is 16.8 Å². The number of rotatable bonds is 3. The lowest BCUT2D eigenvalue weighted by atomic mass is 9.73. The minimum atomic E-state index is -0.920. The first kappa shape index (κ1) is 16.6. The Morgan fingerprint density at radius 1 is 1.15 bits per heavy atom. The molecule has 1 aromatic heterocycles. The van der Waals surface area contributed by atoms with Crippen molar-refractivity contribution in [2.24, 2.45) is 0 Å². The fraction of sp³-hybridized carbons (Fsp3) is 0.238. The second-order valence-electron chi connectivity index (χ2n) is 7.01. The first-order chi connectivity index (χ1) is 12.4. The highest BCUT2D eigenvalue weighted by Gasteiger charge is 2.44. The van der Waals surface area contributed by atoms with Crippen LogP contribution in [0.15, 0.2) is 42.5 Å². The molecular formula is C21H18F2N2O. The number of carbonyl (C=O) groups is 1. The Balaban J connectivity index is 1.78. The Labute approximate surface area is 150 Å². The van der Waals surface area contributed by atoms with E-state index in [1.165, 1.54) is 6.07 Å². The minimum Gasteiger partial charge on any atom is -0.354 e. The van der Waals surface area contributed by atoms with Crippen LogP contribution in [0.2, 0.25) is 0 Å². The van der Waals surface area contributed by atoms with Gasteiger partial charge in [0, 0.05) is 17.6 Å². The predicted molar refractivity (Wildman–Crippen MR) is 96.0 cm³/mol. The number of aryl methyl sites for hydroxylation is 1. The van der Waals surface area contributed by atoms with Gasteiger partial charge < -0.3 is 5.32 Å². The number of fused-ring (bicyclic) bond motifs is 1. The van der Waals surface area contributed by atoms with Gasteiger partial charge >= 0.3 is 0 Å². The van der Waals surface area contributed by atoms with E-state index in [0.29, 0.717) is 24.0 Å². The van der Waals surface area contributed by atoms with Crippen molar-refractivity contribution in [1.29, 1.82) is 0 Å². The second kappa shape index (κ2) is 5.87. The molecule has 1 unspecified atom stereocenters. The number of aromatic nitrogens is 1. The number of pyridine rings is 1. The Kier molecular flexibility index (Phi) is 3.75. The van der Waals surface area contributed by atoms with Crippen molar-refractivity contribution < 1.29 is 13.6 Å². The maximum Gasteiger partial charge on any atom is 0.232 e. The van der Waals surface area contributed by atoms with Crippen molar-refractivity contribution in [3.63, 3.8) is 0 Å². The van der Waals surface area contributed by atoms with Gasteiger partial charge in [0.1, 0.15) is 5.52 Å². The van der Waals surface area contributed by atoms with E-state index in [-0.39, 0.29) is 11.4 Å². The average Bonchev–Trinajstić information content (AvgIpc) is 2.65. The van der Waals surface area contributed by atoms with Gasteiger partial charge in [-0.2, -0.15) is 0 Å². The Hall–Kier alpha value is -2.82. The number of carbonyl (C=O) groups excluding carboxylic acids is 1. The van der Waals surface area contributed by atoms with Crippen molar-refractivity contribution in [1.82, 2.24) is 10.3 Å². The molecule has 3 aromatic rings. The van der Waals surface area contributed by atoms with Crippen LogP contribution < -0.4 is 5.32 Å². The lowest BCUT2D eigenvalue weighted by Gasteiger charge is -2.39. The topological polar surface area (TPSA) is 42.0 Å². The summed E-state index contributed by atoms with van der Waals surface area (Å²) in [4.78, 5) is 16.3. The molecule has 1 aliphatic heterocycles. The predicted octanol–water partition coefficient (Wildman–Crippen LogP) is 3.80. The van der Waals surface area contributed by atoms with Crippen molar-refractivity contribution in [2.75, 3.05) is 6.54 Å². The normalized spacial score (nSPS) is 19.3. The van der Waals surface area contributed by atoms with E-state index < -0.39 is 17.0 Å². The lowest BCUT2D eigenvalue weighted by Crippen LogP contribution is -2.60. The maximum absolute atomic E-state index is 14.0. The fourth-order valence-corrected chi connectivity index (χ4v) is 3.56. The van der Waals surface area contributed by atoms with Crippen LogP contribution in [-0.2, 0) is 16.6 Å². The number of benzene rings is 2. The molecule has 1 N–H and O–H groups in total. The SMILES string of the molecule is Cc1nc2c(F)c(F)ccc2cc1Cc1ccccc1C1(C)CNC1=O. The lowest BCUT2D eigenvalue weighted by molar-refractivity contribution is -0.132. The molecule has 5 heteroatoms. The Bertz CT molecular complexity index is 1050. The molecule has 0 radical (unpaired) electrons. The van der Waals surface area contributed by atoms with Crippen LogP contribution in [0.25, 0.3) is 10.9 Å². The number of nitrogens with one attached hydrogen (secondary N) is 1. The maximum atomic E-state index is 14.0. The van der Waals surface area contributed by atoms with Crippen LogP contribution in [-0.4, -0.2) is 17.4 Å². The summed E-state index contributed by atoms with van der Waals surface area (Å²) in [6, 6.07) is 12.4. The third-order valence-electron chi connectivity index (χ3n) is 5.27. The molecule has 2 heterocycles. The van der Waals surface area contributed by atoms with E-state index in [4.69, 9.17) is 0 Å². The number of β-lactam (4-membered cyclic amide) rings is 1. The summed E-state index contributed by atoms with van der Waals surface area (Å²) in [6.45, 7) is 4.34. The quantitative estimate of drug-likeness (QED) is 0.729. The molecule has 0 saturated carbocycles. The van der Waals surface area contributed by atoms with Gasteiger partial charge in [0.05, 0.1) is 5.41 Å². The van der Waals surface area contributed by atoms with Crippen LogP contribution in [0.5, 0.6) is 0 Å². The summed E-state index contributed by atoms with van der Waals surface area (Å²) in [6.07, 6.45) is 0.576. The summed E-state index contributed by atoms with van der Waals surface area (Å²) in [7, 11) is 0. The van der Waals surface area contributed by atoms with Crippen LogP contribution in [0.3, 0.4) is 0 Å². The first-order valence-corrected chi connectivity index (χ1v) is 8.51. The van der Waals surface area contributed by atoms with E-state index in [0.717, 1.165) is 22.8 Å². The molecule has 0 spiro atoms. The van der Waals surface area contributed by atoms with Gasteiger partial charge in [-0.15, -0.1) is 0 Å². The fourth-order valence-electron chi connectivity index (χ4n) is 3.56. The monoisotopic (exact) mass is 352 g/mol. The van der Waals surface area contributed by atoms with E-state index in [1.54, 1.807) is 6.92 Å². The minimum absolute atomic E-state index is 0.0239. The summed E-state index contributed by atoms with van der Waals surface area (Å²) in [5.74, 6) is -1.79.